The molecule has 0 bridgehead atoms. The molecule has 7 nitrogen and oxygen atoms in total. The summed E-state index contributed by atoms with van der Waals surface area (Å²) in [6.45, 7) is 3.89. The summed E-state index contributed by atoms with van der Waals surface area (Å²) < 4.78 is 16.4. The van der Waals surface area contributed by atoms with Gasteiger partial charge in [0.2, 0.25) is 0 Å². The zero-order valence-corrected chi connectivity index (χ0v) is 23.5. The second-order valence-electron chi connectivity index (χ2n) is 10.2. The fourth-order valence-electron chi connectivity index (χ4n) is 5.67. The van der Waals surface area contributed by atoms with E-state index in [0.29, 0.717) is 46.9 Å². The van der Waals surface area contributed by atoms with E-state index in [1.807, 2.05) is 80.6 Å². The minimum absolute atomic E-state index is 0.00879. The number of rotatable bonds is 7. The molecule has 2 atom stereocenters. The van der Waals surface area contributed by atoms with Crippen molar-refractivity contribution >= 4 is 17.4 Å². The van der Waals surface area contributed by atoms with Gasteiger partial charge in [0.15, 0.2) is 17.3 Å². The molecule has 0 spiro atoms. The highest BCUT2D eigenvalue weighted by molar-refractivity contribution is 6.10. The summed E-state index contributed by atoms with van der Waals surface area (Å²) in [7, 11) is 4.82. The molecule has 0 fully saturated rings. The molecular weight excluding hydrogens is 504 g/mol. The standard InChI is InChI=1S/C33H34N2O5/c1-19-9-12-24(13-10-19)35-33(37)30-20(2)34-26-16-23(21-11-14-28(39-4)29(18-21)40-5)17-27(36)32(26)31(30)22-7-6-8-25(15-22)38-3/h6-15,18,23,31,34H,16-17H2,1-5H3,(H,35,37)/t23-,31-/m1/s1. The smallest absolute Gasteiger partial charge is 0.254 e. The molecule has 1 aliphatic heterocycles. The van der Waals surface area contributed by atoms with Crippen LogP contribution in [0, 0.1) is 6.92 Å². The number of aryl methyl sites for hydroxylation is 1. The number of ether oxygens (including phenoxy) is 3. The number of allylic oxidation sites excluding steroid dienone is 3. The lowest BCUT2D eigenvalue weighted by Crippen LogP contribution is -2.37. The van der Waals surface area contributed by atoms with E-state index >= 15 is 0 Å². The van der Waals surface area contributed by atoms with Crippen LogP contribution in [0.25, 0.3) is 0 Å². The number of carbonyl (C=O) groups excluding carboxylic acids is 2. The topological polar surface area (TPSA) is 85.9 Å². The number of methoxy groups -OCH3 is 3. The van der Waals surface area contributed by atoms with Gasteiger partial charge in [-0.05, 0) is 73.7 Å². The maximum atomic E-state index is 14.0. The first-order chi connectivity index (χ1) is 19.3. The van der Waals surface area contributed by atoms with Gasteiger partial charge in [0, 0.05) is 40.6 Å². The molecule has 0 aromatic heterocycles. The average Bonchev–Trinajstić information content (AvgIpc) is 2.97. The van der Waals surface area contributed by atoms with Gasteiger partial charge in [-0.1, -0.05) is 35.9 Å². The minimum Gasteiger partial charge on any atom is -0.497 e. The van der Waals surface area contributed by atoms with Gasteiger partial charge in [0.1, 0.15) is 5.75 Å². The largest absolute Gasteiger partial charge is 0.497 e. The van der Waals surface area contributed by atoms with Gasteiger partial charge >= 0.3 is 0 Å². The molecular formula is C33H34N2O5. The van der Waals surface area contributed by atoms with Gasteiger partial charge in [-0.3, -0.25) is 9.59 Å². The Morgan fingerprint density at radius 2 is 1.60 bits per heavy atom. The van der Waals surface area contributed by atoms with E-state index in [0.717, 1.165) is 28.1 Å². The monoisotopic (exact) mass is 538 g/mol. The van der Waals surface area contributed by atoms with Gasteiger partial charge in [-0.25, -0.2) is 0 Å². The van der Waals surface area contributed by atoms with Crippen LogP contribution in [-0.4, -0.2) is 33.0 Å². The Morgan fingerprint density at radius 1 is 0.850 bits per heavy atom. The zero-order chi connectivity index (χ0) is 28.4. The Kier molecular flexibility index (Phi) is 7.65. The minimum atomic E-state index is -0.532. The molecule has 0 saturated heterocycles. The number of amides is 1. The number of nitrogens with one attached hydrogen (secondary N) is 2. The van der Waals surface area contributed by atoms with Crippen molar-refractivity contribution < 1.29 is 23.8 Å². The number of hydrogen-bond acceptors (Lipinski definition) is 6. The van der Waals surface area contributed by atoms with Crippen molar-refractivity contribution in [1.82, 2.24) is 5.32 Å². The summed E-state index contributed by atoms with van der Waals surface area (Å²) in [6, 6.07) is 21.1. The maximum Gasteiger partial charge on any atom is 0.254 e. The van der Waals surface area contributed by atoms with Crippen molar-refractivity contribution in [3.05, 3.63) is 106 Å². The van der Waals surface area contributed by atoms with Crippen molar-refractivity contribution in [3.8, 4) is 17.2 Å². The SMILES string of the molecule is COc1cccc([C@@H]2C(C(=O)Nc3ccc(C)cc3)=C(C)NC3=C2C(=O)C[C@H](c2ccc(OC)c(OC)c2)C3)c1. The highest BCUT2D eigenvalue weighted by Crippen LogP contribution is 2.47. The van der Waals surface area contributed by atoms with Crippen molar-refractivity contribution in [2.45, 2.75) is 38.5 Å². The molecule has 2 N–H and O–H groups in total. The molecule has 0 radical (unpaired) electrons. The molecule has 206 valence electrons. The summed E-state index contributed by atoms with van der Waals surface area (Å²) >= 11 is 0. The number of Topliss-reactive ketones (excluding diaryl/α,β-unsaturated/α-hetero) is 1. The predicted molar refractivity (Wildman–Crippen MR) is 155 cm³/mol. The van der Waals surface area contributed by atoms with Crippen LogP contribution in [-0.2, 0) is 9.59 Å². The summed E-state index contributed by atoms with van der Waals surface area (Å²) in [6.07, 6.45) is 0.948. The van der Waals surface area contributed by atoms with Crippen molar-refractivity contribution in [3.63, 3.8) is 0 Å². The number of ketones is 1. The molecule has 40 heavy (non-hydrogen) atoms. The zero-order valence-electron chi connectivity index (χ0n) is 23.5. The highest BCUT2D eigenvalue weighted by Gasteiger charge is 2.41. The van der Waals surface area contributed by atoms with E-state index in [-0.39, 0.29) is 17.6 Å². The molecule has 0 unspecified atom stereocenters. The van der Waals surface area contributed by atoms with Gasteiger partial charge in [0.25, 0.3) is 5.91 Å². The van der Waals surface area contributed by atoms with E-state index in [1.54, 1.807) is 21.3 Å². The fraction of sp³-hybridized carbons (Fsp3) is 0.273. The van der Waals surface area contributed by atoms with Crippen LogP contribution < -0.4 is 24.8 Å². The Balaban J connectivity index is 1.55. The Morgan fingerprint density at radius 3 is 2.30 bits per heavy atom. The highest BCUT2D eigenvalue weighted by atomic mass is 16.5. The van der Waals surface area contributed by atoms with Crippen LogP contribution in [0.1, 0.15) is 48.3 Å². The Labute approximate surface area is 234 Å². The third-order valence-corrected chi connectivity index (χ3v) is 7.69. The third kappa shape index (κ3) is 5.19. The van der Waals surface area contributed by atoms with Crippen LogP contribution in [0.5, 0.6) is 17.2 Å². The summed E-state index contributed by atoms with van der Waals surface area (Å²) in [5.74, 6) is 1.13. The number of hydrogen-bond donors (Lipinski definition) is 2. The second-order valence-corrected chi connectivity index (χ2v) is 10.2. The van der Waals surface area contributed by atoms with Gasteiger partial charge in [-0.15, -0.1) is 0 Å². The normalized spacial score (nSPS) is 18.6. The van der Waals surface area contributed by atoms with Crippen LogP contribution in [0.4, 0.5) is 5.69 Å². The first kappa shape index (κ1) is 27.1. The van der Waals surface area contributed by atoms with Gasteiger partial charge in [0.05, 0.1) is 21.3 Å². The quantitative estimate of drug-likeness (QED) is 0.383. The van der Waals surface area contributed by atoms with E-state index in [1.165, 1.54) is 0 Å². The lowest BCUT2D eigenvalue weighted by molar-refractivity contribution is -0.116. The van der Waals surface area contributed by atoms with E-state index < -0.39 is 5.92 Å². The molecule has 3 aromatic carbocycles. The van der Waals surface area contributed by atoms with Crippen LogP contribution in [0.2, 0.25) is 0 Å². The Bertz CT molecular complexity index is 1520. The van der Waals surface area contributed by atoms with Crippen molar-refractivity contribution in [2.75, 3.05) is 26.6 Å². The third-order valence-electron chi connectivity index (χ3n) is 7.69. The lowest BCUT2D eigenvalue weighted by atomic mass is 9.71. The lowest BCUT2D eigenvalue weighted by Gasteiger charge is -2.37. The summed E-state index contributed by atoms with van der Waals surface area (Å²) in [5, 5.41) is 6.48. The number of benzene rings is 3. The molecule has 0 saturated carbocycles. The van der Waals surface area contributed by atoms with Crippen LogP contribution in [0.15, 0.2) is 89.3 Å². The molecule has 5 rings (SSSR count). The molecule has 1 amide bonds. The second kappa shape index (κ2) is 11.3. The average molecular weight is 539 g/mol. The number of carbonyl (C=O) groups is 2. The van der Waals surface area contributed by atoms with E-state index in [2.05, 4.69) is 10.6 Å². The fourth-order valence-corrected chi connectivity index (χ4v) is 5.67. The van der Waals surface area contributed by atoms with Crippen molar-refractivity contribution in [2.24, 2.45) is 0 Å². The van der Waals surface area contributed by atoms with Gasteiger partial charge in [-0.2, -0.15) is 0 Å². The molecule has 7 heteroatoms. The first-order valence-electron chi connectivity index (χ1n) is 13.3. The maximum absolute atomic E-state index is 14.0. The summed E-state index contributed by atoms with van der Waals surface area (Å²) in [5.41, 5.74) is 6.35. The van der Waals surface area contributed by atoms with E-state index in [4.69, 9.17) is 14.2 Å². The molecule has 1 heterocycles. The number of dihydropyridines is 1. The molecule has 3 aromatic rings. The van der Waals surface area contributed by atoms with E-state index in [9.17, 15) is 9.59 Å². The molecule has 1 aliphatic carbocycles. The number of anilines is 1. The van der Waals surface area contributed by atoms with Crippen LogP contribution >= 0.6 is 0 Å². The predicted octanol–water partition coefficient (Wildman–Crippen LogP) is 6.02. The van der Waals surface area contributed by atoms with Crippen molar-refractivity contribution in [1.29, 1.82) is 0 Å². The first-order valence-corrected chi connectivity index (χ1v) is 13.3. The Hall–Kier alpha value is -4.52. The van der Waals surface area contributed by atoms with Crippen LogP contribution in [0.3, 0.4) is 0 Å². The van der Waals surface area contributed by atoms with Gasteiger partial charge < -0.3 is 24.8 Å². The molecule has 2 aliphatic rings. The summed E-state index contributed by atoms with van der Waals surface area (Å²) in [4.78, 5) is 27.8.